The van der Waals surface area contributed by atoms with Gasteiger partial charge in [0.15, 0.2) is 6.10 Å². The van der Waals surface area contributed by atoms with E-state index in [1.54, 1.807) is 6.92 Å². The number of unbranched alkanes of at least 4 members (excludes halogenated alkanes) is 1. The summed E-state index contributed by atoms with van der Waals surface area (Å²) >= 11 is 0. The zero-order chi connectivity index (χ0) is 17.5. The van der Waals surface area contributed by atoms with E-state index in [1.807, 2.05) is 6.92 Å². The van der Waals surface area contributed by atoms with E-state index in [4.69, 9.17) is 9.47 Å². The number of hydrogen-bond acceptors (Lipinski definition) is 4. The molecule has 0 aromatic rings. The van der Waals surface area contributed by atoms with Gasteiger partial charge in [0.25, 0.3) is 0 Å². The first kappa shape index (κ1) is 21.5. The number of carbonyl (C=O) groups is 2. The Hall–Kier alpha value is -1.50. The monoisotopic (exact) mass is 324 g/mol. The van der Waals surface area contributed by atoms with E-state index in [0.717, 1.165) is 19.3 Å². The second-order valence-electron chi connectivity index (χ2n) is 5.73. The molecular weight excluding hydrogens is 292 g/mol. The molecule has 4 heteroatoms. The van der Waals surface area contributed by atoms with Crippen LogP contribution in [0, 0.1) is 17.8 Å². The summed E-state index contributed by atoms with van der Waals surface area (Å²) < 4.78 is 10.5. The topological polar surface area (TPSA) is 52.6 Å². The average Bonchev–Trinajstić information content (AvgIpc) is 2.54. The molecule has 0 amide bonds. The molecule has 4 nitrogen and oxygen atoms in total. The lowest BCUT2D eigenvalue weighted by atomic mass is 10.0. The van der Waals surface area contributed by atoms with Gasteiger partial charge in [0, 0.05) is 12.8 Å². The van der Waals surface area contributed by atoms with Crippen LogP contribution in [0.1, 0.15) is 79.1 Å². The van der Waals surface area contributed by atoms with Crippen molar-refractivity contribution in [3.05, 3.63) is 0 Å². The minimum Gasteiger partial charge on any atom is -0.465 e. The highest BCUT2D eigenvalue weighted by atomic mass is 16.5. The molecule has 0 N–H and O–H groups in total. The summed E-state index contributed by atoms with van der Waals surface area (Å²) in [6.07, 6.45) is 5.72. The van der Waals surface area contributed by atoms with Crippen molar-refractivity contribution in [3.8, 4) is 11.8 Å². The number of hydrogen-bond donors (Lipinski definition) is 0. The van der Waals surface area contributed by atoms with Gasteiger partial charge in [-0.2, -0.15) is 0 Å². The lowest BCUT2D eigenvalue weighted by Crippen LogP contribution is -2.17. The van der Waals surface area contributed by atoms with Crippen LogP contribution < -0.4 is 0 Å². The highest BCUT2D eigenvalue weighted by molar-refractivity contribution is 5.72. The highest BCUT2D eigenvalue weighted by Gasteiger charge is 2.13. The molecule has 0 aromatic carbocycles. The summed E-state index contributed by atoms with van der Waals surface area (Å²) in [6, 6.07) is 0. The maximum atomic E-state index is 11.7. The Morgan fingerprint density at radius 3 is 2.26 bits per heavy atom. The van der Waals surface area contributed by atoms with Crippen molar-refractivity contribution in [2.75, 3.05) is 6.61 Å². The summed E-state index contributed by atoms with van der Waals surface area (Å²) in [4.78, 5) is 23.4. The van der Waals surface area contributed by atoms with Crippen LogP contribution in [0.2, 0.25) is 0 Å². The SMILES string of the molecule is CC#CC(CC)OC(=O)CCCC(=O)OCC(CC)CCCC. The molecule has 132 valence electrons. The fraction of sp³-hybridized carbons (Fsp3) is 0.789. The van der Waals surface area contributed by atoms with Crippen LogP contribution in [0.4, 0.5) is 0 Å². The fourth-order valence-electron chi connectivity index (χ4n) is 2.15. The molecule has 0 aliphatic rings. The first-order valence-corrected chi connectivity index (χ1v) is 8.84. The molecule has 2 atom stereocenters. The maximum Gasteiger partial charge on any atom is 0.307 e. The molecule has 0 saturated heterocycles. The molecule has 0 fully saturated rings. The van der Waals surface area contributed by atoms with Gasteiger partial charge in [-0.1, -0.05) is 46.0 Å². The second kappa shape index (κ2) is 14.1. The summed E-state index contributed by atoms with van der Waals surface area (Å²) in [5, 5.41) is 0. The quantitative estimate of drug-likeness (QED) is 0.397. The Kier molecular flexibility index (Phi) is 13.2. The molecule has 0 bridgehead atoms. The van der Waals surface area contributed by atoms with Gasteiger partial charge < -0.3 is 9.47 Å². The van der Waals surface area contributed by atoms with Gasteiger partial charge in [-0.15, -0.1) is 5.92 Å². The number of ether oxygens (including phenoxy) is 2. The van der Waals surface area contributed by atoms with E-state index in [0.29, 0.717) is 25.4 Å². The number of esters is 2. The van der Waals surface area contributed by atoms with Crippen molar-refractivity contribution in [3.63, 3.8) is 0 Å². The molecule has 0 aromatic heterocycles. The lowest BCUT2D eigenvalue weighted by molar-refractivity contribution is -0.147. The van der Waals surface area contributed by atoms with Crippen LogP contribution in [0.15, 0.2) is 0 Å². The van der Waals surface area contributed by atoms with Crippen LogP contribution in [0.5, 0.6) is 0 Å². The number of rotatable bonds is 12. The van der Waals surface area contributed by atoms with Crippen molar-refractivity contribution in [2.24, 2.45) is 5.92 Å². The van der Waals surface area contributed by atoms with Crippen molar-refractivity contribution in [1.29, 1.82) is 0 Å². The van der Waals surface area contributed by atoms with E-state index in [9.17, 15) is 9.59 Å². The molecule has 0 heterocycles. The Bertz CT molecular complexity index is 392. The van der Waals surface area contributed by atoms with Crippen LogP contribution in [-0.4, -0.2) is 24.6 Å². The number of carbonyl (C=O) groups excluding carboxylic acids is 2. The van der Waals surface area contributed by atoms with Crippen molar-refractivity contribution in [2.45, 2.75) is 85.2 Å². The smallest absolute Gasteiger partial charge is 0.307 e. The van der Waals surface area contributed by atoms with Gasteiger partial charge in [0.05, 0.1) is 6.61 Å². The fourth-order valence-corrected chi connectivity index (χ4v) is 2.15. The van der Waals surface area contributed by atoms with Crippen molar-refractivity contribution >= 4 is 11.9 Å². The predicted octanol–water partition coefficient (Wildman–Crippen LogP) is 4.26. The molecule has 0 rings (SSSR count). The maximum absolute atomic E-state index is 11.7. The summed E-state index contributed by atoms with van der Waals surface area (Å²) in [5.41, 5.74) is 0. The third-order valence-corrected chi connectivity index (χ3v) is 3.73. The molecular formula is C19H32O4. The van der Waals surface area contributed by atoms with E-state index in [-0.39, 0.29) is 30.9 Å². The van der Waals surface area contributed by atoms with E-state index in [1.165, 1.54) is 6.42 Å². The third kappa shape index (κ3) is 11.7. The first-order chi connectivity index (χ1) is 11.1. The standard InChI is InChI=1S/C19H32O4/c1-5-9-12-16(7-3)15-22-18(20)13-10-14-19(21)23-17(8-4)11-6-2/h16-17H,5,7-10,12-15H2,1-4H3. The van der Waals surface area contributed by atoms with Gasteiger partial charge in [-0.05, 0) is 32.1 Å². The molecule has 0 aliphatic heterocycles. The summed E-state index contributed by atoms with van der Waals surface area (Å²) in [5.74, 6) is 5.49. The zero-order valence-electron chi connectivity index (χ0n) is 15.2. The van der Waals surface area contributed by atoms with Gasteiger partial charge in [-0.25, -0.2) is 0 Å². The largest absolute Gasteiger partial charge is 0.465 e. The molecule has 0 spiro atoms. The van der Waals surface area contributed by atoms with Crippen LogP contribution >= 0.6 is 0 Å². The Balaban J connectivity index is 3.87. The van der Waals surface area contributed by atoms with Crippen LogP contribution in [-0.2, 0) is 19.1 Å². The predicted molar refractivity (Wildman–Crippen MR) is 91.7 cm³/mol. The minimum atomic E-state index is -0.344. The molecule has 2 unspecified atom stereocenters. The van der Waals surface area contributed by atoms with Crippen LogP contribution in [0.25, 0.3) is 0 Å². The minimum absolute atomic E-state index is 0.226. The average molecular weight is 324 g/mol. The van der Waals surface area contributed by atoms with Gasteiger partial charge in [0.2, 0.25) is 0 Å². The molecule has 0 radical (unpaired) electrons. The van der Waals surface area contributed by atoms with Crippen LogP contribution in [0.3, 0.4) is 0 Å². The van der Waals surface area contributed by atoms with E-state index < -0.39 is 0 Å². The highest BCUT2D eigenvalue weighted by Crippen LogP contribution is 2.13. The lowest BCUT2D eigenvalue weighted by Gasteiger charge is -2.14. The van der Waals surface area contributed by atoms with Gasteiger partial charge in [-0.3, -0.25) is 9.59 Å². The third-order valence-electron chi connectivity index (χ3n) is 3.73. The van der Waals surface area contributed by atoms with Gasteiger partial charge >= 0.3 is 11.9 Å². The van der Waals surface area contributed by atoms with E-state index in [2.05, 4.69) is 25.7 Å². The summed E-state index contributed by atoms with van der Waals surface area (Å²) in [6.45, 7) is 8.41. The zero-order valence-corrected chi connectivity index (χ0v) is 15.2. The van der Waals surface area contributed by atoms with Gasteiger partial charge in [0.1, 0.15) is 0 Å². The first-order valence-electron chi connectivity index (χ1n) is 8.84. The Morgan fingerprint density at radius 1 is 1.00 bits per heavy atom. The Morgan fingerprint density at radius 2 is 1.70 bits per heavy atom. The second-order valence-corrected chi connectivity index (χ2v) is 5.73. The summed E-state index contributed by atoms with van der Waals surface area (Å²) in [7, 11) is 0. The molecule has 0 aliphatic carbocycles. The molecule has 0 saturated carbocycles. The molecule has 23 heavy (non-hydrogen) atoms. The van der Waals surface area contributed by atoms with Crippen molar-refractivity contribution < 1.29 is 19.1 Å². The van der Waals surface area contributed by atoms with E-state index >= 15 is 0 Å². The normalized spacial score (nSPS) is 12.7. The van der Waals surface area contributed by atoms with Crippen molar-refractivity contribution in [1.82, 2.24) is 0 Å². The Labute approximate surface area is 141 Å².